The predicted octanol–water partition coefficient (Wildman–Crippen LogP) is 2.13. The van der Waals surface area contributed by atoms with Crippen LogP contribution in [0, 0.1) is 5.92 Å². The molecule has 0 bridgehead atoms. The van der Waals surface area contributed by atoms with Gasteiger partial charge in [0.1, 0.15) is 4.99 Å². The molecular formula is C14H20N2O2S2. The normalized spacial score (nSPS) is 24.5. The third-order valence-corrected chi connectivity index (χ3v) is 6.06. The van der Waals surface area contributed by atoms with Crippen molar-refractivity contribution < 1.29 is 8.42 Å². The first kappa shape index (κ1) is 15.4. The van der Waals surface area contributed by atoms with E-state index in [0.717, 1.165) is 12.8 Å². The van der Waals surface area contributed by atoms with Gasteiger partial charge in [-0.25, -0.2) is 8.42 Å². The molecule has 1 aromatic rings. The quantitative estimate of drug-likeness (QED) is 0.869. The van der Waals surface area contributed by atoms with Gasteiger partial charge in [0.25, 0.3) is 0 Å². The number of hydrogen-bond acceptors (Lipinski definition) is 3. The zero-order valence-electron chi connectivity index (χ0n) is 11.7. The number of thiocarbonyl (C=S) groups is 1. The molecule has 6 heteroatoms. The highest BCUT2D eigenvalue weighted by molar-refractivity contribution is 7.89. The fraction of sp³-hybridized carbons (Fsp3) is 0.500. The Balaban J connectivity index is 2.47. The van der Waals surface area contributed by atoms with Gasteiger partial charge < -0.3 is 5.73 Å². The highest BCUT2D eigenvalue weighted by Crippen LogP contribution is 2.29. The third kappa shape index (κ3) is 2.87. The van der Waals surface area contributed by atoms with Gasteiger partial charge in [-0.05, 0) is 31.7 Å². The zero-order chi connectivity index (χ0) is 14.9. The van der Waals surface area contributed by atoms with Crippen LogP contribution in [0.4, 0.5) is 0 Å². The highest BCUT2D eigenvalue weighted by atomic mass is 32.2. The third-order valence-electron chi connectivity index (χ3n) is 3.80. The maximum absolute atomic E-state index is 12.9. The maximum atomic E-state index is 12.9. The molecule has 4 nitrogen and oxygen atoms in total. The molecule has 1 fully saturated rings. The average molecular weight is 312 g/mol. The van der Waals surface area contributed by atoms with Gasteiger partial charge in [0.2, 0.25) is 10.0 Å². The topological polar surface area (TPSA) is 63.4 Å². The summed E-state index contributed by atoms with van der Waals surface area (Å²) in [7, 11) is -3.55. The fourth-order valence-corrected chi connectivity index (χ4v) is 4.84. The second-order valence-electron chi connectivity index (χ2n) is 5.47. The minimum absolute atomic E-state index is 0.00982. The Bertz CT molecular complexity index is 613. The number of nitrogens with zero attached hydrogens (tertiary/aromatic N) is 1. The van der Waals surface area contributed by atoms with Crippen LogP contribution in [0.5, 0.6) is 0 Å². The summed E-state index contributed by atoms with van der Waals surface area (Å²) in [6, 6.07) is 6.70. The molecule has 110 valence electrons. The summed E-state index contributed by atoms with van der Waals surface area (Å²) >= 11 is 4.97. The molecule has 2 unspecified atom stereocenters. The van der Waals surface area contributed by atoms with Crippen LogP contribution in [0.15, 0.2) is 29.2 Å². The van der Waals surface area contributed by atoms with Gasteiger partial charge in [-0.3, -0.25) is 0 Å². The number of rotatable bonds is 3. The van der Waals surface area contributed by atoms with Crippen molar-refractivity contribution in [3.63, 3.8) is 0 Å². The largest absolute Gasteiger partial charge is 0.389 e. The van der Waals surface area contributed by atoms with Gasteiger partial charge in [0.05, 0.1) is 4.90 Å². The van der Waals surface area contributed by atoms with Crippen LogP contribution in [0.25, 0.3) is 0 Å². The highest BCUT2D eigenvalue weighted by Gasteiger charge is 2.34. The van der Waals surface area contributed by atoms with E-state index < -0.39 is 10.0 Å². The van der Waals surface area contributed by atoms with Crippen molar-refractivity contribution in [2.75, 3.05) is 6.54 Å². The van der Waals surface area contributed by atoms with Crippen LogP contribution in [-0.4, -0.2) is 30.3 Å². The molecule has 0 radical (unpaired) electrons. The summed E-state index contributed by atoms with van der Waals surface area (Å²) in [5, 5.41) is 0. The lowest BCUT2D eigenvalue weighted by atomic mass is 9.97. The second kappa shape index (κ2) is 5.79. The first-order valence-corrected chi connectivity index (χ1v) is 8.59. The Morgan fingerprint density at radius 2 is 1.95 bits per heavy atom. The van der Waals surface area contributed by atoms with Crippen molar-refractivity contribution in [2.24, 2.45) is 11.7 Å². The predicted molar refractivity (Wildman–Crippen MR) is 84.1 cm³/mol. The molecule has 1 heterocycles. The molecule has 2 N–H and O–H groups in total. The van der Waals surface area contributed by atoms with Crippen molar-refractivity contribution >= 4 is 27.2 Å². The molecule has 0 saturated carbocycles. The van der Waals surface area contributed by atoms with Crippen molar-refractivity contribution in [2.45, 2.75) is 37.6 Å². The van der Waals surface area contributed by atoms with Gasteiger partial charge >= 0.3 is 0 Å². The van der Waals surface area contributed by atoms with Crippen molar-refractivity contribution in [1.29, 1.82) is 0 Å². The molecule has 1 aliphatic heterocycles. The molecule has 0 amide bonds. The Morgan fingerprint density at radius 1 is 1.30 bits per heavy atom. The number of nitrogens with two attached hydrogens (primary N) is 1. The zero-order valence-corrected chi connectivity index (χ0v) is 13.4. The van der Waals surface area contributed by atoms with Crippen LogP contribution in [0.1, 0.15) is 32.3 Å². The molecule has 1 aromatic carbocycles. The number of benzene rings is 1. The van der Waals surface area contributed by atoms with Gasteiger partial charge in [-0.2, -0.15) is 4.31 Å². The Labute approximate surface area is 126 Å². The van der Waals surface area contributed by atoms with E-state index in [1.54, 1.807) is 28.6 Å². The molecule has 0 spiro atoms. The first-order chi connectivity index (χ1) is 9.34. The van der Waals surface area contributed by atoms with Crippen LogP contribution < -0.4 is 5.73 Å². The van der Waals surface area contributed by atoms with E-state index in [0.29, 0.717) is 18.0 Å². The molecular weight excluding hydrogens is 292 g/mol. The van der Waals surface area contributed by atoms with Gasteiger partial charge in [0.15, 0.2) is 0 Å². The summed E-state index contributed by atoms with van der Waals surface area (Å²) in [6.07, 6.45) is 1.94. The Morgan fingerprint density at radius 3 is 2.60 bits per heavy atom. The summed E-state index contributed by atoms with van der Waals surface area (Å²) in [5.41, 5.74) is 6.08. The number of sulfonamides is 1. The van der Waals surface area contributed by atoms with Crippen LogP contribution >= 0.6 is 12.2 Å². The van der Waals surface area contributed by atoms with E-state index in [-0.39, 0.29) is 15.9 Å². The molecule has 1 saturated heterocycles. The SMILES string of the molecule is CC1CCC(C)N(S(=O)(=O)c2ccccc2C(N)=S)C1. The molecule has 20 heavy (non-hydrogen) atoms. The lowest BCUT2D eigenvalue weighted by Gasteiger charge is -2.36. The van der Waals surface area contributed by atoms with Crippen molar-refractivity contribution in [3.8, 4) is 0 Å². The Kier molecular flexibility index (Phi) is 4.46. The van der Waals surface area contributed by atoms with E-state index in [1.807, 2.05) is 6.92 Å². The lowest BCUT2D eigenvalue weighted by molar-refractivity contribution is 0.218. The number of piperidine rings is 1. The molecule has 0 aliphatic carbocycles. The Hall–Kier alpha value is -0.980. The van der Waals surface area contributed by atoms with Gasteiger partial charge in [0, 0.05) is 18.2 Å². The van der Waals surface area contributed by atoms with E-state index in [2.05, 4.69) is 6.92 Å². The minimum atomic E-state index is -3.55. The van der Waals surface area contributed by atoms with E-state index >= 15 is 0 Å². The molecule has 2 rings (SSSR count). The minimum Gasteiger partial charge on any atom is -0.389 e. The van der Waals surface area contributed by atoms with E-state index in [1.165, 1.54) is 0 Å². The van der Waals surface area contributed by atoms with Crippen LogP contribution in [0.3, 0.4) is 0 Å². The average Bonchev–Trinajstić information content (AvgIpc) is 2.41. The molecule has 1 aliphatic rings. The second-order valence-corrected chi connectivity index (χ2v) is 7.77. The molecule has 0 aromatic heterocycles. The van der Waals surface area contributed by atoms with E-state index in [4.69, 9.17) is 18.0 Å². The van der Waals surface area contributed by atoms with Crippen LogP contribution in [-0.2, 0) is 10.0 Å². The van der Waals surface area contributed by atoms with E-state index in [9.17, 15) is 8.42 Å². The number of hydrogen-bond donors (Lipinski definition) is 1. The lowest BCUT2D eigenvalue weighted by Crippen LogP contribution is -2.45. The van der Waals surface area contributed by atoms with Gasteiger partial charge in [-0.1, -0.05) is 37.3 Å². The summed E-state index contributed by atoms with van der Waals surface area (Å²) in [6.45, 7) is 4.58. The van der Waals surface area contributed by atoms with Gasteiger partial charge in [-0.15, -0.1) is 0 Å². The smallest absolute Gasteiger partial charge is 0.244 e. The summed E-state index contributed by atoms with van der Waals surface area (Å²) in [5.74, 6) is 0.373. The maximum Gasteiger partial charge on any atom is 0.244 e. The molecule has 2 atom stereocenters. The summed E-state index contributed by atoms with van der Waals surface area (Å²) < 4.78 is 27.3. The first-order valence-electron chi connectivity index (χ1n) is 6.74. The fourth-order valence-electron chi connectivity index (χ4n) is 2.60. The van der Waals surface area contributed by atoms with Crippen molar-refractivity contribution in [1.82, 2.24) is 4.31 Å². The van der Waals surface area contributed by atoms with Crippen LogP contribution in [0.2, 0.25) is 0 Å². The summed E-state index contributed by atoms with van der Waals surface area (Å²) in [4.78, 5) is 0.329. The monoisotopic (exact) mass is 312 g/mol. The standard InChI is InChI=1S/C14H20N2O2S2/c1-10-7-8-11(2)16(9-10)20(17,18)13-6-4-3-5-12(13)14(15)19/h3-6,10-11H,7-9H2,1-2H3,(H2,15,19). The van der Waals surface area contributed by atoms with Crippen molar-refractivity contribution in [3.05, 3.63) is 29.8 Å².